The van der Waals surface area contributed by atoms with Crippen LogP contribution in [0.3, 0.4) is 0 Å². The quantitative estimate of drug-likeness (QED) is 0.0210. The Morgan fingerprint density at radius 1 is 0.600 bits per heavy atom. The number of ketones is 1. The number of allylic oxidation sites excluding steroid dienone is 1. The number of nitrogens with one attached hydrogen (secondary N) is 11. The Labute approximate surface area is 658 Å². The van der Waals surface area contributed by atoms with Gasteiger partial charge in [0.1, 0.15) is 72.2 Å². The van der Waals surface area contributed by atoms with Crippen LogP contribution in [0.25, 0.3) is 0 Å². The summed E-state index contributed by atoms with van der Waals surface area (Å²) in [5.41, 5.74) is 6.29. The summed E-state index contributed by atoms with van der Waals surface area (Å²) in [6.07, 6.45) is 4.15. The number of amides is 12. The number of likely N-dealkylation sites (tertiary alicyclic amines) is 1. The first-order valence-electron chi connectivity index (χ1n) is 40.1. The summed E-state index contributed by atoms with van der Waals surface area (Å²) in [4.78, 5) is 205. The van der Waals surface area contributed by atoms with Crippen LogP contribution in [0.1, 0.15) is 228 Å². The van der Waals surface area contributed by atoms with Crippen molar-refractivity contribution in [1.82, 2.24) is 63.4 Å². The number of cyclic esters (lactones) is 1. The van der Waals surface area contributed by atoms with Crippen LogP contribution in [0, 0.1) is 53.3 Å². The third kappa shape index (κ3) is 30.3. The third-order valence-electron chi connectivity index (χ3n) is 20.5. The molecule has 0 unspecified atom stereocenters. The number of rotatable bonds is 38. The largest absolute Gasteiger partial charge is 0.458 e. The van der Waals surface area contributed by atoms with Crippen LogP contribution < -0.4 is 64.2 Å². The topological polar surface area (TPSA) is 410 Å². The van der Waals surface area contributed by atoms with E-state index in [-0.39, 0.29) is 61.4 Å². The van der Waals surface area contributed by atoms with Gasteiger partial charge in [-0.25, -0.2) is 4.79 Å². The number of benzene rings is 1. The van der Waals surface area contributed by atoms with Crippen molar-refractivity contribution in [3.05, 3.63) is 47.7 Å². The third-order valence-corrected chi connectivity index (χ3v) is 21.8. The zero-order chi connectivity index (χ0) is 83.1. The van der Waals surface area contributed by atoms with Crippen molar-refractivity contribution < 1.29 is 71.9 Å². The van der Waals surface area contributed by atoms with E-state index in [0.717, 1.165) is 6.42 Å². The van der Waals surface area contributed by atoms with E-state index in [1.165, 1.54) is 36.6 Å². The van der Waals surface area contributed by atoms with Gasteiger partial charge in [0.2, 0.25) is 65.0 Å². The minimum atomic E-state index is -1.80. The molecule has 2 aliphatic rings. The van der Waals surface area contributed by atoms with Crippen molar-refractivity contribution in [1.29, 1.82) is 0 Å². The molecular weight excluding hydrogens is 1430 g/mol. The average molecular weight is 1560 g/mol. The Bertz CT molecular complexity index is 3270. The summed E-state index contributed by atoms with van der Waals surface area (Å²) in [5.74, 6) is -14.6. The fraction of sp³-hybridized carbons (Fsp3) is 0.728. The van der Waals surface area contributed by atoms with Gasteiger partial charge in [0.15, 0.2) is 5.78 Å². The van der Waals surface area contributed by atoms with Gasteiger partial charge in [-0.2, -0.15) is 11.8 Å². The monoisotopic (exact) mass is 1560 g/mol. The van der Waals surface area contributed by atoms with Crippen LogP contribution in [0.15, 0.2) is 42.1 Å². The maximum atomic E-state index is 15.2. The highest BCUT2D eigenvalue weighted by Gasteiger charge is 2.45. The normalized spacial score (nSPS) is 22.2. The Kier molecular flexibility index (Phi) is 41.5. The van der Waals surface area contributed by atoms with Crippen LogP contribution in [0.5, 0.6) is 0 Å². The minimum Gasteiger partial charge on any atom is -0.458 e. The second-order valence-corrected chi connectivity index (χ2v) is 34.3. The van der Waals surface area contributed by atoms with E-state index in [2.05, 4.69) is 72.3 Å². The van der Waals surface area contributed by atoms with Crippen LogP contribution >= 0.6 is 11.8 Å². The number of thioether (sulfide) groups is 1. The van der Waals surface area contributed by atoms with Crippen LogP contribution in [0.2, 0.25) is 0 Å². The molecule has 110 heavy (non-hydrogen) atoms. The zero-order valence-electron chi connectivity index (χ0n) is 69.4. The lowest BCUT2D eigenvalue weighted by molar-refractivity contribution is -0.157. The fourth-order valence-corrected chi connectivity index (χ4v) is 14.5. The van der Waals surface area contributed by atoms with Gasteiger partial charge in [-0.05, 0) is 111 Å². The molecule has 2 fully saturated rings. The molecule has 0 aliphatic carbocycles. The summed E-state index contributed by atoms with van der Waals surface area (Å²) in [6.45, 7) is 37.3. The molecule has 1 aromatic carbocycles. The molecular formula is C81H135N13O15S. The highest BCUT2D eigenvalue weighted by Crippen LogP contribution is 2.28. The van der Waals surface area contributed by atoms with Crippen molar-refractivity contribution >= 4 is 94.4 Å². The lowest BCUT2D eigenvalue weighted by Crippen LogP contribution is -2.63. The van der Waals surface area contributed by atoms with Gasteiger partial charge < -0.3 is 73.9 Å². The molecule has 3 rings (SSSR count). The Morgan fingerprint density at radius 2 is 1.15 bits per heavy atom. The molecule has 2 saturated heterocycles. The predicted molar refractivity (Wildman–Crippen MR) is 426 cm³/mol. The average Bonchev–Trinajstić information content (AvgIpc) is 1.56. The lowest BCUT2D eigenvalue weighted by Gasteiger charge is -2.34. The predicted octanol–water partition coefficient (Wildman–Crippen LogP) is 5.86. The van der Waals surface area contributed by atoms with Crippen LogP contribution in [0.4, 0.5) is 0 Å². The molecule has 2 aliphatic heterocycles. The molecule has 13 N–H and O–H groups in total. The fourth-order valence-electron chi connectivity index (χ4n) is 13.3. The molecule has 28 nitrogen and oxygen atoms in total. The molecule has 0 saturated carbocycles. The summed E-state index contributed by atoms with van der Waals surface area (Å²) in [6, 6.07) is -5.28. The highest BCUT2D eigenvalue weighted by molar-refractivity contribution is 8.00. The molecule has 0 aromatic heterocycles. The molecule has 0 spiro atoms. The number of esters is 1. The van der Waals surface area contributed by atoms with Crippen molar-refractivity contribution in [3.8, 4) is 0 Å². The maximum absolute atomic E-state index is 15.2. The molecule has 1 aromatic rings. The van der Waals surface area contributed by atoms with E-state index in [9.17, 15) is 52.7 Å². The number of unbranched alkanes of at least 4 members (excludes halogenated alkanes) is 2. The number of Topliss-reactive ketones (excluding diaryl/α,β-unsaturated/α-hetero) is 1. The molecule has 12 amide bonds. The number of nitrogens with two attached hydrogens (primary N) is 1. The smallest absolute Gasteiger partial charge is 0.329 e. The number of carbonyl (C=O) groups is 14. The Balaban J connectivity index is 2.05. The zero-order valence-corrected chi connectivity index (χ0v) is 70.2. The van der Waals surface area contributed by atoms with Gasteiger partial charge in [0.05, 0.1) is 6.04 Å². The van der Waals surface area contributed by atoms with Gasteiger partial charge >= 0.3 is 5.97 Å². The van der Waals surface area contributed by atoms with Crippen molar-refractivity contribution in [2.45, 2.75) is 312 Å². The van der Waals surface area contributed by atoms with Gasteiger partial charge in [0.25, 0.3) is 5.91 Å². The lowest BCUT2D eigenvalue weighted by atomic mass is 9.90. The Hall–Kier alpha value is -7.95. The summed E-state index contributed by atoms with van der Waals surface area (Å²) < 4.78 is 6.01. The van der Waals surface area contributed by atoms with E-state index in [0.29, 0.717) is 63.0 Å². The first-order chi connectivity index (χ1) is 51.6. The van der Waals surface area contributed by atoms with Gasteiger partial charge in [-0.3, -0.25) is 62.3 Å². The Morgan fingerprint density at radius 3 is 1.70 bits per heavy atom. The number of carbonyl (C=O) groups excluding carboxylic acids is 14. The maximum Gasteiger partial charge on any atom is 0.329 e. The van der Waals surface area contributed by atoms with Crippen LogP contribution in [-0.2, 0) is 78.3 Å². The van der Waals surface area contributed by atoms with Gasteiger partial charge in [0, 0.05) is 37.0 Å². The van der Waals surface area contributed by atoms with E-state index in [1.54, 1.807) is 134 Å². The standard InChI is InChI=1S/C81H135N13O15S/c1-22-50(18)66(77(104)92-68-52(20)109-81(108)65(48(14)15)89-71(98)56(24-3)83-72(99)57(41-54-34-27-25-28-35-54)84-73(100)62(45(8)9)86-76(103)67(51(19)23-2)91-78(68)105)90-70(97)55(36-29-26-30-39-82)42-59(95)58-37-32-40-94(58)80(107)64(47(12)13)88-75(102)63(46(10)11)87-79(106)69(53(21)110-49(16)17)93-74(101)61(44(6)7)85-60(96)38-31-33-43(4)5/h24-25,27-28,34-35,43-53,55,57-58,61-69H,22-23,26,29-33,36-42,82H2,1-21H3,(H,83,99)(H,84,100)(H,85,96)(H,86,103)(H,87,106)(H,88,102)(H,89,98)(H,90,97)(H,91,105)(H,92,104)(H,93,101)/b56-24-/t50-,51-,52-,53-,55+,57-,58+,61+,62+,63-,64+,65-,66+,67+,68+,69-/m0/s1. The first kappa shape index (κ1) is 96.3. The summed E-state index contributed by atoms with van der Waals surface area (Å²) in [5, 5.41) is 30.3. The number of ether oxygens (including phenoxy) is 1. The summed E-state index contributed by atoms with van der Waals surface area (Å²) >= 11 is 1.45. The second kappa shape index (κ2) is 47.4. The highest BCUT2D eigenvalue weighted by atomic mass is 32.2. The van der Waals surface area contributed by atoms with Gasteiger partial charge in [-0.15, -0.1) is 0 Å². The van der Waals surface area contributed by atoms with E-state index in [4.69, 9.17) is 10.5 Å². The van der Waals surface area contributed by atoms with Crippen LogP contribution in [-0.4, -0.2) is 184 Å². The molecule has 29 heteroatoms. The molecule has 16 atom stereocenters. The van der Waals surface area contributed by atoms with E-state index in [1.807, 2.05) is 13.8 Å². The van der Waals surface area contributed by atoms with E-state index >= 15 is 14.4 Å². The van der Waals surface area contributed by atoms with Crippen molar-refractivity contribution in [2.75, 3.05) is 13.1 Å². The second-order valence-electron chi connectivity index (χ2n) is 32.3. The molecule has 0 bridgehead atoms. The molecule has 0 radical (unpaired) electrons. The summed E-state index contributed by atoms with van der Waals surface area (Å²) in [7, 11) is 0. The number of hydrogen-bond donors (Lipinski definition) is 12. The SMILES string of the molecule is C/C=C1\NC(=O)[C@H](Cc2ccccc2)NC(=O)[C@@H](C(C)C)NC(=O)[C@@H]([C@@H](C)CC)NC(=O)[C@H](NC(=O)[C@H](NC(=O)[C@H](CCCCCN)CC(=O)[C@H]2CCCN2C(=O)[C@H](NC(=O)[C@@H](NC(=O)[C@@H](NC(=O)[C@H](NC(=O)CCCC(C)C)C(C)C)[C@H](C)SC(C)C)C(C)C)C(C)C)[C@@H](C)CC)[C@H](C)OC(=O)[C@H](C(C)C)NC1=O. The number of nitrogens with zero attached hydrogens (tertiary/aromatic N) is 1. The first-order valence-corrected chi connectivity index (χ1v) is 41.0. The number of hydrogen-bond acceptors (Lipinski definition) is 17. The van der Waals surface area contributed by atoms with E-state index < -0.39 is 196 Å². The van der Waals surface area contributed by atoms with Gasteiger partial charge in [-0.1, -0.05) is 200 Å². The van der Waals surface area contributed by atoms with Crippen molar-refractivity contribution in [3.63, 3.8) is 0 Å². The minimum absolute atomic E-state index is 0.0279. The molecule has 620 valence electrons. The van der Waals surface area contributed by atoms with Crippen molar-refractivity contribution in [2.24, 2.45) is 59.0 Å². The molecule has 2 heterocycles.